The van der Waals surface area contributed by atoms with Crippen LogP contribution in [0.5, 0.6) is 0 Å². The Kier molecular flexibility index (Phi) is 3.24. The number of hydrogen-bond acceptors (Lipinski definition) is 4. The van der Waals surface area contributed by atoms with Gasteiger partial charge in [-0.05, 0) is 0 Å². The zero-order chi connectivity index (χ0) is 10.6. The Bertz CT molecular complexity index is 264. The largest absolute Gasteiger partial charge is 0.506 e. The Balaban J connectivity index is 2.82. The van der Waals surface area contributed by atoms with E-state index in [0.29, 0.717) is 13.0 Å². The number of nitrogens with one attached hydrogen (secondary N) is 1. The molecule has 0 amide bonds. The Morgan fingerprint density at radius 1 is 1.79 bits per heavy atom. The van der Waals surface area contributed by atoms with Gasteiger partial charge in [0.1, 0.15) is 0 Å². The molecule has 0 aromatic carbocycles. The maximum atomic E-state index is 11.6. The van der Waals surface area contributed by atoms with Crippen LogP contribution < -0.4 is 5.32 Å². The molecule has 1 aliphatic heterocycles. The smallest absolute Gasteiger partial charge is 0.450 e. The molecule has 1 saturated heterocycles. The number of ether oxygens (including phenoxy) is 1. The van der Waals surface area contributed by atoms with Crippen LogP contribution in [0.4, 0.5) is 4.79 Å². The van der Waals surface area contributed by atoms with Crippen molar-refractivity contribution < 1.29 is 19.4 Å². The molecule has 78 valence electrons. The lowest BCUT2D eigenvalue weighted by Crippen LogP contribution is -2.55. The van der Waals surface area contributed by atoms with Crippen molar-refractivity contribution in [1.29, 1.82) is 0 Å². The summed E-state index contributed by atoms with van der Waals surface area (Å²) in [5.41, 5.74) is -1.26. The minimum atomic E-state index is -1.43. The fourth-order valence-corrected chi connectivity index (χ4v) is 1.54. The average molecular weight is 199 g/mol. The summed E-state index contributed by atoms with van der Waals surface area (Å²) in [5.74, 6) is -0.182. The van der Waals surface area contributed by atoms with E-state index in [-0.39, 0.29) is 18.7 Å². The van der Waals surface area contributed by atoms with Gasteiger partial charge in [0.25, 0.3) is 0 Å². The van der Waals surface area contributed by atoms with Crippen molar-refractivity contribution in [3.05, 3.63) is 12.7 Å². The highest BCUT2D eigenvalue weighted by atomic mass is 16.7. The first-order valence-corrected chi connectivity index (χ1v) is 4.37. The molecule has 0 spiro atoms. The molecular weight excluding hydrogens is 186 g/mol. The molecule has 1 aliphatic rings. The molecule has 1 atom stereocenters. The van der Waals surface area contributed by atoms with E-state index in [1.807, 2.05) is 0 Å². The van der Waals surface area contributed by atoms with E-state index in [9.17, 15) is 9.59 Å². The van der Waals surface area contributed by atoms with Crippen LogP contribution in [0.25, 0.3) is 0 Å². The van der Waals surface area contributed by atoms with Crippen molar-refractivity contribution >= 4 is 11.9 Å². The number of Topliss-reactive ketones (excluding diaryl/α,β-unsaturated/α-hetero) is 1. The van der Waals surface area contributed by atoms with E-state index in [1.54, 1.807) is 0 Å². The summed E-state index contributed by atoms with van der Waals surface area (Å²) >= 11 is 0. The van der Waals surface area contributed by atoms with Crippen molar-refractivity contribution in [2.75, 3.05) is 13.1 Å². The number of piperidine rings is 1. The third kappa shape index (κ3) is 2.11. The Labute approximate surface area is 81.7 Å². The van der Waals surface area contributed by atoms with Crippen molar-refractivity contribution in [3.8, 4) is 0 Å². The van der Waals surface area contributed by atoms with Crippen LogP contribution in [-0.4, -0.2) is 35.7 Å². The van der Waals surface area contributed by atoms with Gasteiger partial charge in [-0.15, -0.1) is 6.58 Å². The van der Waals surface area contributed by atoms with Crippen LogP contribution in [0.2, 0.25) is 0 Å². The van der Waals surface area contributed by atoms with Gasteiger partial charge in [0.2, 0.25) is 0 Å². The molecule has 0 aliphatic carbocycles. The third-order valence-electron chi connectivity index (χ3n) is 2.20. The fraction of sp³-hybridized carbons (Fsp3) is 0.556. The molecule has 0 bridgehead atoms. The molecule has 14 heavy (non-hydrogen) atoms. The number of carboxylic acid groups (broad SMARTS) is 1. The molecule has 1 heterocycles. The Morgan fingerprint density at radius 2 is 2.50 bits per heavy atom. The fourth-order valence-electron chi connectivity index (χ4n) is 1.54. The van der Waals surface area contributed by atoms with E-state index in [1.165, 1.54) is 6.08 Å². The van der Waals surface area contributed by atoms with Gasteiger partial charge in [0.05, 0.1) is 0 Å². The van der Waals surface area contributed by atoms with Crippen LogP contribution >= 0.6 is 0 Å². The lowest BCUT2D eigenvalue weighted by Gasteiger charge is -2.33. The molecule has 2 N–H and O–H groups in total. The number of ketones is 1. The molecule has 1 fully saturated rings. The minimum Gasteiger partial charge on any atom is -0.450 e. The first kappa shape index (κ1) is 10.7. The molecule has 0 aromatic rings. The Hall–Kier alpha value is -1.36. The van der Waals surface area contributed by atoms with Gasteiger partial charge >= 0.3 is 6.16 Å². The maximum absolute atomic E-state index is 11.6. The summed E-state index contributed by atoms with van der Waals surface area (Å²) in [6.07, 6.45) is 0.573. The van der Waals surface area contributed by atoms with Gasteiger partial charge in [0.15, 0.2) is 11.4 Å². The summed E-state index contributed by atoms with van der Waals surface area (Å²) in [6.45, 7) is 4.29. The van der Waals surface area contributed by atoms with Gasteiger partial charge in [-0.3, -0.25) is 4.79 Å². The highest BCUT2D eigenvalue weighted by Gasteiger charge is 2.42. The summed E-state index contributed by atoms with van der Waals surface area (Å²) in [7, 11) is 0. The average Bonchev–Trinajstić information content (AvgIpc) is 2.09. The van der Waals surface area contributed by atoms with Crippen LogP contribution in [0, 0.1) is 0 Å². The number of rotatable bonds is 3. The summed E-state index contributed by atoms with van der Waals surface area (Å²) in [4.78, 5) is 22.0. The van der Waals surface area contributed by atoms with Crippen LogP contribution in [-0.2, 0) is 9.53 Å². The predicted octanol–water partition coefficient (Wildman–Crippen LogP) is 0.558. The molecule has 0 radical (unpaired) electrons. The van der Waals surface area contributed by atoms with Crippen molar-refractivity contribution in [1.82, 2.24) is 5.32 Å². The number of carbonyl (C=O) groups excluding carboxylic acids is 1. The van der Waals surface area contributed by atoms with Crippen molar-refractivity contribution in [2.45, 2.75) is 18.4 Å². The van der Waals surface area contributed by atoms with Gasteiger partial charge in [-0.2, -0.15) is 0 Å². The predicted molar refractivity (Wildman–Crippen MR) is 49.1 cm³/mol. The normalized spacial score (nSPS) is 27.0. The van der Waals surface area contributed by atoms with E-state index in [2.05, 4.69) is 16.6 Å². The standard InChI is InChI=1S/C9H13NO4/c1-2-4-9(14-8(12)13)6-10-5-3-7(9)11/h2,10H,1,3-6H2,(H,12,13). The van der Waals surface area contributed by atoms with Gasteiger partial charge in [-0.1, -0.05) is 6.08 Å². The molecular formula is C9H13NO4. The molecule has 0 saturated carbocycles. The number of carbonyl (C=O) groups is 2. The lowest BCUT2D eigenvalue weighted by atomic mass is 9.89. The zero-order valence-electron chi connectivity index (χ0n) is 7.78. The molecule has 1 unspecified atom stereocenters. The quantitative estimate of drug-likeness (QED) is 0.513. The maximum Gasteiger partial charge on any atom is 0.506 e. The second-order valence-electron chi connectivity index (χ2n) is 3.21. The van der Waals surface area contributed by atoms with E-state index in [4.69, 9.17) is 5.11 Å². The highest BCUT2D eigenvalue weighted by molar-refractivity contribution is 5.90. The topological polar surface area (TPSA) is 75.6 Å². The lowest BCUT2D eigenvalue weighted by molar-refractivity contribution is -0.141. The van der Waals surface area contributed by atoms with Crippen molar-refractivity contribution in [3.63, 3.8) is 0 Å². The summed E-state index contributed by atoms with van der Waals surface area (Å²) in [6, 6.07) is 0. The van der Waals surface area contributed by atoms with Crippen molar-refractivity contribution in [2.24, 2.45) is 0 Å². The third-order valence-corrected chi connectivity index (χ3v) is 2.20. The summed E-state index contributed by atoms with van der Waals surface area (Å²) < 4.78 is 4.66. The monoisotopic (exact) mass is 199 g/mol. The molecule has 1 rings (SSSR count). The summed E-state index contributed by atoms with van der Waals surface area (Å²) in [5, 5.41) is 11.5. The van der Waals surface area contributed by atoms with E-state index >= 15 is 0 Å². The highest BCUT2D eigenvalue weighted by Crippen LogP contribution is 2.22. The zero-order valence-corrected chi connectivity index (χ0v) is 7.78. The van der Waals surface area contributed by atoms with E-state index in [0.717, 1.165) is 0 Å². The molecule has 0 aromatic heterocycles. The molecule has 5 heteroatoms. The second-order valence-corrected chi connectivity index (χ2v) is 3.21. The Morgan fingerprint density at radius 3 is 3.00 bits per heavy atom. The van der Waals surface area contributed by atoms with Crippen LogP contribution in [0.3, 0.4) is 0 Å². The van der Waals surface area contributed by atoms with Gasteiger partial charge < -0.3 is 15.2 Å². The SMILES string of the molecule is C=CCC1(OC(=O)O)CNCCC1=O. The van der Waals surface area contributed by atoms with E-state index < -0.39 is 11.8 Å². The van der Waals surface area contributed by atoms with Gasteiger partial charge in [-0.25, -0.2) is 4.79 Å². The molecule has 5 nitrogen and oxygen atoms in total. The van der Waals surface area contributed by atoms with Crippen LogP contribution in [0.15, 0.2) is 12.7 Å². The first-order chi connectivity index (χ1) is 6.60. The first-order valence-electron chi connectivity index (χ1n) is 4.37. The van der Waals surface area contributed by atoms with Gasteiger partial charge in [0, 0.05) is 25.9 Å². The number of hydrogen-bond donors (Lipinski definition) is 2. The minimum absolute atomic E-state index is 0.182. The second kappa shape index (κ2) is 4.23. The van der Waals surface area contributed by atoms with Crippen LogP contribution in [0.1, 0.15) is 12.8 Å².